The van der Waals surface area contributed by atoms with Gasteiger partial charge in [-0.1, -0.05) is 18.2 Å². The molecular weight excluding hydrogens is 202 g/mol. The molecule has 84 valence electrons. The van der Waals surface area contributed by atoms with Crippen LogP contribution in [0.5, 0.6) is 5.75 Å². The number of phenolic OH excluding ortho intramolecular Hbond substituents is 1. The molecule has 2 aromatic carbocycles. The number of rotatable bonds is 2. The molecule has 3 heteroatoms. The van der Waals surface area contributed by atoms with E-state index in [0.29, 0.717) is 0 Å². The van der Waals surface area contributed by atoms with E-state index in [9.17, 15) is 10.2 Å². The Morgan fingerprint density at radius 1 is 1.06 bits per heavy atom. The number of nitrogens with two attached hydrogens (primary N) is 1. The normalized spacial score (nSPS) is 14.9. The Labute approximate surface area is 94.1 Å². The number of aliphatic hydroxyl groups is 1. The summed E-state index contributed by atoms with van der Waals surface area (Å²) in [7, 11) is 0. The zero-order chi connectivity index (χ0) is 11.7. The topological polar surface area (TPSA) is 66.5 Å². The molecule has 0 saturated carbocycles. The van der Waals surface area contributed by atoms with Gasteiger partial charge in [0.1, 0.15) is 5.75 Å². The minimum Gasteiger partial charge on any atom is -0.508 e. The van der Waals surface area contributed by atoms with Crippen LogP contribution in [-0.2, 0) is 0 Å². The summed E-state index contributed by atoms with van der Waals surface area (Å²) in [6, 6.07) is 10.5. The maximum atomic E-state index is 9.43. The van der Waals surface area contributed by atoms with Crippen molar-refractivity contribution in [2.24, 2.45) is 5.73 Å². The van der Waals surface area contributed by atoms with Crippen molar-refractivity contribution in [2.45, 2.75) is 19.1 Å². The van der Waals surface area contributed by atoms with Crippen molar-refractivity contribution in [3.05, 3.63) is 42.0 Å². The van der Waals surface area contributed by atoms with Crippen LogP contribution in [0.25, 0.3) is 10.8 Å². The van der Waals surface area contributed by atoms with Crippen molar-refractivity contribution >= 4 is 10.8 Å². The summed E-state index contributed by atoms with van der Waals surface area (Å²) in [5.74, 6) is 0.250. The fourth-order valence-corrected chi connectivity index (χ4v) is 1.74. The zero-order valence-corrected chi connectivity index (χ0v) is 9.09. The average Bonchev–Trinajstić information content (AvgIpc) is 2.27. The number of aliphatic hydroxyl groups excluding tert-OH is 1. The van der Waals surface area contributed by atoms with E-state index in [1.165, 1.54) is 0 Å². The second kappa shape index (κ2) is 4.12. The molecule has 4 N–H and O–H groups in total. The van der Waals surface area contributed by atoms with Crippen LogP contribution in [-0.4, -0.2) is 16.3 Å². The van der Waals surface area contributed by atoms with Gasteiger partial charge in [0.2, 0.25) is 0 Å². The molecule has 3 nitrogen and oxygen atoms in total. The molecule has 0 spiro atoms. The van der Waals surface area contributed by atoms with Crippen molar-refractivity contribution in [3.63, 3.8) is 0 Å². The van der Waals surface area contributed by atoms with E-state index in [-0.39, 0.29) is 11.8 Å². The zero-order valence-electron chi connectivity index (χ0n) is 9.09. The van der Waals surface area contributed by atoms with Crippen LogP contribution in [0.4, 0.5) is 0 Å². The number of hydrogen-bond donors (Lipinski definition) is 3. The molecule has 0 aliphatic heterocycles. The fraction of sp³-hybridized carbons (Fsp3) is 0.231. The van der Waals surface area contributed by atoms with E-state index in [0.717, 1.165) is 16.3 Å². The maximum Gasteiger partial charge on any atom is 0.116 e. The maximum absolute atomic E-state index is 9.43. The smallest absolute Gasteiger partial charge is 0.116 e. The molecule has 0 fully saturated rings. The van der Waals surface area contributed by atoms with Gasteiger partial charge in [-0.3, -0.25) is 0 Å². The molecule has 2 rings (SSSR count). The highest BCUT2D eigenvalue weighted by molar-refractivity contribution is 5.84. The summed E-state index contributed by atoms with van der Waals surface area (Å²) in [5.41, 5.74) is 6.76. The molecule has 0 bridgehead atoms. The van der Waals surface area contributed by atoms with Gasteiger partial charge in [-0.15, -0.1) is 0 Å². The van der Waals surface area contributed by atoms with E-state index < -0.39 is 6.10 Å². The Hall–Kier alpha value is -1.58. The van der Waals surface area contributed by atoms with E-state index >= 15 is 0 Å². The van der Waals surface area contributed by atoms with Crippen molar-refractivity contribution in [3.8, 4) is 5.75 Å². The molecule has 0 heterocycles. The van der Waals surface area contributed by atoms with Gasteiger partial charge >= 0.3 is 0 Å². The van der Waals surface area contributed by atoms with Crippen LogP contribution in [0.2, 0.25) is 0 Å². The Morgan fingerprint density at radius 2 is 1.69 bits per heavy atom. The van der Waals surface area contributed by atoms with E-state index in [1.807, 2.05) is 24.3 Å². The molecule has 2 aromatic rings. The SMILES string of the molecule is C[C@H](O)[C@H](N)c1ccc2cc(O)ccc2c1. The quantitative estimate of drug-likeness (QED) is 0.720. The highest BCUT2D eigenvalue weighted by Gasteiger charge is 2.12. The Kier molecular flexibility index (Phi) is 2.81. The van der Waals surface area contributed by atoms with Crippen molar-refractivity contribution < 1.29 is 10.2 Å². The van der Waals surface area contributed by atoms with Crippen LogP contribution in [0.1, 0.15) is 18.5 Å². The molecule has 0 aromatic heterocycles. The highest BCUT2D eigenvalue weighted by atomic mass is 16.3. The van der Waals surface area contributed by atoms with Gasteiger partial charge in [0.15, 0.2) is 0 Å². The minimum atomic E-state index is -0.574. The third kappa shape index (κ3) is 2.01. The van der Waals surface area contributed by atoms with Crippen LogP contribution in [0, 0.1) is 0 Å². The molecule has 0 aliphatic rings. The van der Waals surface area contributed by atoms with Gasteiger partial charge in [-0.2, -0.15) is 0 Å². The molecule has 2 atom stereocenters. The average molecular weight is 217 g/mol. The van der Waals surface area contributed by atoms with Gasteiger partial charge in [-0.25, -0.2) is 0 Å². The predicted octanol–water partition coefficient (Wildman–Crippen LogP) is 1.93. The molecule has 0 unspecified atom stereocenters. The fourth-order valence-electron chi connectivity index (χ4n) is 1.74. The van der Waals surface area contributed by atoms with Gasteiger partial charge in [0.25, 0.3) is 0 Å². The Balaban J connectivity index is 2.48. The first-order valence-corrected chi connectivity index (χ1v) is 5.24. The Morgan fingerprint density at radius 3 is 2.38 bits per heavy atom. The third-order valence-corrected chi connectivity index (χ3v) is 2.75. The second-order valence-electron chi connectivity index (χ2n) is 4.06. The van der Waals surface area contributed by atoms with Crippen LogP contribution >= 0.6 is 0 Å². The van der Waals surface area contributed by atoms with Crippen molar-refractivity contribution in [1.82, 2.24) is 0 Å². The van der Waals surface area contributed by atoms with Crippen molar-refractivity contribution in [1.29, 1.82) is 0 Å². The Bertz CT molecular complexity index is 508. The number of hydrogen-bond acceptors (Lipinski definition) is 3. The van der Waals surface area contributed by atoms with Gasteiger partial charge < -0.3 is 15.9 Å². The summed E-state index contributed by atoms with van der Waals surface area (Å²) in [4.78, 5) is 0. The number of fused-ring (bicyclic) bond motifs is 1. The first kappa shape index (κ1) is 10.9. The lowest BCUT2D eigenvalue weighted by atomic mass is 9.99. The lowest BCUT2D eigenvalue weighted by Crippen LogP contribution is -2.22. The highest BCUT2D eigenvalue weighted by Crippen LogP contribution is 2.24. The summed E-state index contributed by atoms with van der Waals surface area (Å²) in [6.45, 7) is 1.67. The monoisotopic (exact) mass is 217 g/mol. The summed E-state index contributed by atoms with van der Waals surface area (Å²) < 4.78 is 0. The van der Waals surface area contributed by atoms with Crippen LogP contribution in [0.15, 0.2) is 36.4 Å². The standard InChI is InChI=1S/C13H15NO2/c1-8(15)13(14)11-3-2-10-7-12(16)5-4-9(10)6-11/h2-8,13,15-16H,14H2,1H3/t8-,13-/m0/s1. The van der Waals surface area contributed by atoms with E-state index in [4.69, 9.17) is 5.73 Å². The predicted molar refractivity (Wildman–Crippen MR) is 64.2 cm³/mol. The lowest BCUT2D eigenvalue weighted by Gasteiger charge is -2.15. The van der Waals surface area contributed by atoms with Gasteiger partial charge in [0, 0.05) is 0 Å². The van der Waals surface area contributed by atoms with Gasteiger partial charge in [-0.05, 0) is 41.5 Å². The number of benzene rings is 2. The lowest BCUT2D eigenvalue weighted by molar-refractivity contribution is 0.164. The summed E-state index contributed by atoms with van der Waals surface area (Å²) >= 11 is 0. The first-order chi connectivity index (χ1) is 7.58. The van der Waals surface area contributed by atoms with E-state index in [1.54, 1.807) is 19.1 Å². The minimum absolute atomic E-state index is 0.250. The molecule has 0 saturated heterocycles. The summed E-state index contributed by atoms with van der Waals surface area (Å²) in [6.07, 6.45) is -0.574. The number of phenols is 1. The van der Waals surface area contributed by atoms with Gasteiger partial charge in [0.05, 0.1) is 12.1 Å². The second-order valence-corrected chi connectivity index (χ2v) is 4.06. The molecule has 0 radical (unpaired) electrons. The van der Waals surface area contributed by atoms with Crippen LogP contribution < -0.4 is 5.73 Å². The first-order valence-electron chi connectivity index (χ1n) is 5.24. The largest absolute Gasteiger partial charge is 0.508 e. The van der Waals surface area contributed by atoms with Crippen LogP contribution in [0.3, 0.4) is 0 Å². The van der Waals surface area contributed by atoms with Crippen molar-refractivity contribution in [2.75, 3.05) is 0 Å². The number of aromatic hydroxyl groups is 1. The molecule has 0 aliphatic carbocycles. The summed E-state index contributed by atoms with van der Waals surface area (Å²) in [5, 5.41) is 20.7. The molecule has 0 amide bonds. The molecular formula is C13H15NO2. The third-order valence-electron chi connectivity index (χ3n) is 2.75. The molecule has 16 heavy (non-hydrogen) atoms. The van der Waals surface area contributed by atoms with E-state index in [2.05, 4.69) is 0 Å².